The molecule has 4 heteroatoms. The molecule has 2 heterocycles. The third-order valence-electron chi connectivity index (χ3n) is 3.47. The van der Waals surface area contributed by atoms with Gasteiger partial charge in [-0.3, -0.25) is 0 Å². The first-order valence-corrected chi connectivity index (χ1v) is 6.31. The van der Waals surface area contributed by atoms with E-state index in [9.17, 15) is 0 Å². The van der Waals surface area contributed by atoms with Crippen molar-refractivity contribution in [2.45, 2.75) is 25.7 Å². The van der Waals surface area contributed by atoms with E-state index in [-0.39, 0.29) is 0 Å². The van der Waals surface area contributed by atoms with Gasteiger partial charge in [-0.25, -0.2) is 0 Å². The summed E-state index contributed by atoms with van der Waals surface area (Å²) in [5.74, 6) is 1.85. The normalized spacial score (nSPS) is 31.9. The van der Waals surface area contributed by atoms with Crippen molar-refractivity contribution in [1.82, 2.24) is 10.2 Å². The Morgan fingerprint density at radius 3 is 2.71 bits per heavy atom. The Hall–Kier alpha value is -0.640. The van der Waals surface area contributed by atoms with E-state index in [1.54, 1.807) is 11.3 Å². The van der Waals surface area contributed by atoms with Crippen LogP contribution in [0.5, 0.6) is 0 Å². The van der Waals surface area contributed by atoms with Crippen molar-refractivity contribution in [2.24, 2.45) is 11.8 Å². The van der Waals surface area contributed by atoms with Crippen molar-refractivity contribution in [3.63, 3.8) is 0 Å². The lowest BCUT2D eigenvalue weighted by Gasteiger charge is -2.41. The molecule has 1 aliphatic carbocycles. The zero-order valence-corrected chi connectivity index (χ0v) is 9.04. The Balaban J connectivity index is 1.77. The van der Waals surface area contributed by atoms with Crippen LogP contribution in [0.3, 0.4) is 0 Å². The number of nitrogens with zero attached hydrogens (tertiary/aromatic N) is 3. The molecule has 1 aromatic heterocycles. The molecule has 2 unspecified atom stereocenters. The Labute approximate surface area is 88.1 Å². The van der Waals surface area contributed by atoms with E-state index in [2.05, 4.69) is 15.1 Å². The highest BCUT2D eigenvalue weighted by Gasteiger charge is 2.31. The van der Waals surface area contributed by atoms with Gasteiger partial charge in [0.2, 0.25) is 5.13 Å². The van der Waals surface area contributed by atoms with Crippen molar-refractivity contribution in [2.75, 3.05) is 18.0 Å². The van der Waals surface area contributed by atoms with E-state index >= 15 is 0 Å². The maximum absolute atomic E-state index is 4.16. The lowest BCUT2D eigenvalue weighted by atomic mass is 9.78. The van der Waals surface area contributed by atoms with E-state index in [1.165, 1.54) is 38.8 Å². The number of fused-ring (bicyclic) bond motifs is 2. The summed E-state index contributed by atoms with van der Waals surface area (Å²) in [5, 5.41) is 9.21. The van der Waals surface area contributed by atoms with Crippen molar-refractivity contribution >= 4 is 16.5 Å². The van der Waals surface area contributed by atoms with Gasteiger partial charge in [-0.2, -0.15) is 0 Å². The lowest BCUT2D eigenvalue weighted by molar-refractivity contribution is 0.231. The van der Waals surface area contributed by atoms with Gasteiger partial charge < -0.3 is 4.90 Å². The fourth-order valence-corrected chi connectivity index (χ4v) is 3.47. The van der Waals surface area contributed by atoms with Gasteiger partial charge in [-0.1, -0.05) is 17.8 Å². The fraction of sp³-hybridized carbons (Fsp3) is 0.800. The molecule has 0 spiro atoms. The van der Waals surface area contributed by atoms with E-state index in [1.807, 2.05) is 5.51 Å². The summed E-state index contributed by atoms with van der Waals surface area (Å²) < 4.78 is 0. The van der Waals surface area contributed by atoms with Gasteiger partial charge in [0.05, 0.1) is 0 Å². The maximum atomic E-state index is 4.16. The predicted molar refractivity (Wildman–Crippen MR) is 57.6 cm³/mol. The second kappa shape index (κ2) is 3.50. The molecule has 14 heavy (non-hydrogen) atoms. The van der Waals surface area contributed by atoms with E-state index in [0.29, 0.717) is 0 Å². The van der Waals surface area contributed by atoms with Crippen LogP contribution < -0.4 is 4.90 Å². The molecule has 2 fully saturated rings. The summed E-state index contributed by atoms with van der Waals surface area (Å²) in [5.41, 5.74) is 1.83. The molecule has 3 rings (SSSR count). The fourth-order valence-electron chi connectivity index (χ4n) is 2.89. The lowest BCUT2D eigenvalue weighted by Crippen LogP contribution is -2.42. The topological polar surface area (TPSA) is 29.0 Å². The summed E-state index contributed by atoms with van der Waals surface area (Å²) in [6.45, 7) is 2.43. The van der Waals surface area contributed by atoms with Gasteiger partial charge in [0.15, 0.2) is 0 Å². The minimum Gasteiger partial charge on any atom is -0.346 e. The standard InChI is InChI=1S/C10H15N3S/c1-2-8-4-9(3-1)6-13(5-8)10-12-11-7-14-10/h7-9H,1-6H2. The number of piperidine rings is 1. The van der Waals surface area contributed by atoms with Crippen LogP contribution in [0.25, 0.3) is 0 Å². The predicted octanol–water partition coefficient (Wildman–Crippen LogP) is 2.16. The van der Waals surface area contributed by atoms with Crippen LogP contribution in [0.2, 0.25) is 0 Å². The van der Waals surface area contributed by atoms with Gasteiger partial charge in [-0.05, 0) is 31.1 Å². The Kier molecular flexibility index (Phi) is 2.16. The summed E-state index contributed by atoms with van der Waals surface area (Å²) in [7, 11) is 0. The van der Waals surface area contributed by atoms with Gasteiger partial charge in [0.1, 0.15) is 5.51 Å². The molecule has 2 atom stereocenters. The first kappa shape index (κ1) is 8.65. The molecule has 0 aromatic carbocycles. The summed E-state index contributed by atoms with van der Waals surface area (Å²) in [4.78, 5) is 2.44. The quantitative estimate of drug-likeness (QED) is 0.709. The molecule has 0 N–H and O–H groups in total. The van der Waals surface area contributed by atoms with E-state index in [4.69, 9.17) is 0 Å². The molecule has 2 bridgehead atoms. The monoisotopic (exact) mass is 209 g/mol. The van der Waals surface area contributed by atoms with Gasteiger partial charge >= 0.3 is 0 Å². The second-order valence-electron chi connectivity index (χ2n) is 4.52. The van der Waals surface area contributed by atoms with Gasteiger partial charge in [0.25, 0.3) is 0 Å². The van der Waals surface area contributed by atoms with Crippen LogP contribution in [0.4, 0.5) is 5.13 Å². The molecular formula is C10H15N3S. The first-order valence-electron chi connectivity index (χ1n) is 5.43. The van der Waals surface area contributed by atoms with Crippen LogP contribution in [-0.2, 0) is 0 Å². The van der Waals surface area contributed by atoms with Crippen LogP contribution in [0, 0.1) is 11.8 Å². The zero-order valence-electron chi connectivity index (χ0n) is 8.22. The number of hydrogen-bond donors (Lipinski definition) is 0. The largest absolute Gasteiger partial charge is 0.346 e. The minimum atomic E-state index is 0.923. The molecule has 0 radical (unpaired) electrons. The Morgan fingerprint density at radius 2 is 2.07 bits per heavy atom. The average molecular weight is 209 g/mol. The third kappa shape index (κ3) is 1.52. The number of aromatic nitrogens is 2. The molecule has 1 aromatic rings. The zero-order chi connectivity index (χ0) is 9.38. The van der Waals surface area contributed by atoms with Crippen LogP contribution in [-0.4, -0.2) is 23.3 Å². The molecule has 76 valence electrons. The number of hydrogen-bond acceptors (Lipinski definition) is 4. The van der Waals surface area contributed by atoms with Crippen molar-refractivity contribution in [3.05, 3.63) is 5.51 Å². The molecule has 3 nitrogen and oxygen atoms in total. The molecular weight excluding hydrogens is 194 g/mol. The van der Waals surface area contributed by atoms with E-state index < -0.39 is 0 Å². The SMILES string of the molecule is c1nnc(N2CC3CCCC(C3)C2)s1. The highest BCUT2D eigenvalue weighted by Crippen LogP contribution is 2.36. The molecule has 1 saturated heterocycles. The highest BCUT2D eigenvalue weighted by atomic mass is 32.1. The third-order valence-corrected chi connectivity index (χ3v) is 4.22. The smallest absolute Gasteiger partial charge is 0.208 e. The van der Waals surface area contributed by atoms with Crippen LogP contribution in [0.15, 0.2) is 5.51 Å². The Bertz CT molecular complexity index is 286. The van der Waals surface area contributed by atoms with Crippen molar-refractivity contribution in [1.29, 1.82) is 0 Å². The maximum Gasteiger partial charge on any atom is 0.208 e. The number of anilines is 1. The second-order valence-corrected chi connectivity index (χ2v) is 5.34. The van der Waals surface area contributed by atoms with Crippen molar-refractivity contribution in [3.8, 4) is 0 Å². The summed E-state index contributed by atoms with van der Waals surface area (Å²) in [6.07, 6.45) is 5.74. The van der Waals surface area contributed by atoms with Gasteiger partial charge in [-0.15, -0.1) is 10.2 Å². The molecule has 1 saturated carbocycles. The van der Waals surface area contributed by atoms with Crippen LogP contribution >= 0.6 is 11.3 Å². The highest BCUT2D eigenvalue weighted by molar-refractivity contribution is 7.13. The summed E-state index contributed by atoms with van der Waals surface area (Å²) >= 11 is 1.67. The number of rotatable bonds is 1. The molecule has 2 aliphatic rings. The van der Waals surface area contributed by atoms with E-state index in [0.717, 1.165) is 17.0 Å². The van der Waals surface area contributed by atoms with Crippen LogP contribution in [0.1, 0.15) is 25.7 Å². The Morgan fingerprint density at radius 1 is 1.29 bits per heavy atom. The summed E-state index contributed by atoms with van der Waals surface area (Å²) in [6, 6.07) is 0. The minimum absolute atomic E-state index is 0.923. The molecule has 1 aliphatic heterocycles. The molecule has 0 amide bonds. The average Bonchev–Trinajstić information content (AvgIpc) is 2.69. The van der Waals surface area contributed by atoms with Gasteiger partial charge in [0, 0.05) is 13.1 Å². The first-order chi connectivity index (χ1) is 6.92. The van der Waals surface area contributed by atoms with Crippen molar-refractivity contribution < 1.29 is 0 Å².